The number of rotatable bonds is 6. The van der Waals surface area contributed by atoms with Crippen molar-refractivity contribution >= 4 is 23.0 Å². The number of nitriles is 1. The van der Waals surface area contributed by atoms with Crippen LogP contribution in [0.5, 0.6) is 0 Å². The normalized spacial score (nSPS) is 12.7. The van der Waals surface area contributed by atoms with Gasteiger partial charge >= 0.3 is 0 Å². The lowest BCUT2D eigenvalue weighted by atomic mass is 10.1. The molecule has 20 heavy (non-hydrogen) atoms. The Morgan fingerprint density at radius 1 is 1.50 bits per heavy atom. The Kier molecular flexibility index (Phi) is 4.43. The summed E-state index contributed by atoms with van der Waals surface area (Å²) in [5.41, 5.74) is 9.25. The SMILES string of the molecule is COCCN(CCC#N)c1cc2c(cc1N)CC(=O)N2. The third kappa shape index (κ3) is 3.00. The van der Waals surface area contributed by atoms with Gasteiger partial charge in [0.1, 0.15) is 0 Å². The summed E-state index contributed by atoms with van der Waals surface area (Å²) in [6, 6.07) is 5.84. The zero-order chi connectivity index (χ0) is 14.5. The van der Waals surface area contributed by atoms with E-state index in [-0.39, 0.29) is 5.91 Å². The summed E-state index contributed by atoms with van der Waals surface area (Å²) in [7, 11) is 1.63. The van der Waals surface area contributed by atoms with Crippen LogP contribution in [0.25, 0.3) is 0 Å². The van der Waals surface area contributed by atoms with Crippen molar-refractivity contribution in [1.82, 2.24) is 0 Å². The number of benzene rings is 1. The van der Waals surface area contributed by atoms with E-state index in [2.05, 4.69) is 11.4 Å². The van der Waals surface area contributed by atoms with Crippen molar-refractivity contribution in [3.63, 3.8) is 0 Å². The third-order valence-electron chi connectivity index (χ3n) is 3.28. The number of hydrogen-bond donors (Lipinski definition) is 2. The number of hydrogen-bond acceptors (Lipinski definition) is 5. The van der Waals surface area contributed by atoms with Crippen molar-refractivity contribution in [2.75, 3.05) is 42.8 Å². The number of anilines is 3. The maximum Gasteiger partial charge on any atom is 0.228 e. The molecule has 2 rings (SSSR count). The number of amides is 1. The van der Waals surface area contributed by atoms with Gasteiger partial charge in [0.15, 0.2) is 0 Å². The maximum absolute atomic E-state index is 11.4. The zero-order valence-corrected chi connectivity index (χ0v) is 11.5. The summed E-state index contributed by atoms with van der Waals surface area (Å²) in [6.45, 7) is 1.78. The van der Waals surface area contributed by atoms with Crippen LogP contribution in [-0.4, -0.2) is 32.7 Å². The molecule has 6 heteroatoms. The monoisotopic (exact) mass is 274 g/mol. The summed E-state index contributed by atoms with van der Waals surface area (Å²) in [4.78, 5) is 13.4. The minimum Gasteiger partial charge on any atom is -0.397 e. The Hall–Kier alpha value is -2.26. The van der Waals surface area contributed by atoms with Gasteiger partial charge in [-0.3, -0.25) is 4.79 Å². The molecule has 0 saturated carbocycles. The molecule has 0 bridgehead atoms. The second kappa shape index (κ2) is 6.26. The first kappa shape index (κ1) is 14.2. The van der Waals surface area contributed by atoms with Gasteiger partial charge in [-0.2, -0.15) is 5.26 Å². The minimum atomic E-state index is -0.0167. The number of nitrogen functional groups attached to an aromatic ring is 1. The molecule has 1 aliphatic rings. The lowest BCUT2D eigenvalue weighted by Crippen LogP contribution is -2.29. The largest absolute Gasteiger partial charge is 0.397 e. The number of nitrogens with zero attached hydrogens (tertiary/aromatic N) is 2. The number of methoxy groups -OCH3 is 1. The molecular weight excluding hydrogens is 256 g/mol. The van der Waals surface area contributed by atoms with Crippen LogP contribution < -0.4 is 16.0 Å². The number of nitrogens with one attached hydrogen (secondary N) is 1. The van der Waals surface area contributed by atoms with Crippen molar-refractivity contribution < 1.29 is 9.53 Å². The van der Waals surface area contributed by atoms with E-state index in [9.17, 15) is 4.79 Å². The maximum atomic E-state index is 11.4. The number of carbonyl (C=O) groups excluding carboxylic acids is 1. The molecule has 0 fully saturated rings. The Morgan fingerprint density at radius 2 is 2.30 bits per heavy atom. The Balaban J connectivity index is 2.26. The van der Waals surface area contributed by atoms with Gasteiger partial charge in [-0.25, -0.2) is 0 Å². The van der Waals surface area contributed by atoms with Gasteiger partial charge in [0.25, 0.3) is 0 Å². The van der Waals surface area contributed by atoms with E-state index < -0.39 is 0 Å². The molecule has 0 radical (unpaired) electrons. The molecule has 3 N–H and O–H groups in total. The molecule has 0 atom stereocenters. The Morgan fingerprint density at radius 3 is 3.00 bits per heavy atom. The molecule has 0 spiro atoms. The van der Waals surface area contributed by atoms with Gasteiger partial charge in [-0.05, 0) is 17.7 Å². The van der Waals surface area contributed by atoms with Crippen molar-refractivity contribution in [3.05, 3.63) is 17.7 Å². The van der Waals surface area contributed by atoms with Crippen LogP contribution in [0.1, 0.15) is 12.0 Å². The lowest BCUT2D eigenvalue weighted by molar-refractivity contribution is -0.115. The highest BCUT2D eigenvalue weighted by Gasteiger charge is 2.21. The van der Waals surface area contributed by atoms with Crippen LogP contribution in [0.3, 0.4) is 0 Å². The second-order valence-electron chi connectivity index (χ2n) is 4.68. The van der Waals surface area contributed by atoms with Crippen LogP contribution in [-0.2, 0) is 16.0 Å². The van der Waals surface area contributed by atoms with Gasteiger partial charge in [0.2, 0.25) is 5.91 Å². The number of fused-ring (bicyclic) bond motifs is 1. The van der Waals surface area contributed by atoms with Gasteiger partial charge < -0.3 is 20.7 Å². The fourth-order valence-electron chi connectivity index (χ4n) is 2.30. The molecule has 1 aromatic rings. The molecule has 0 unspecified atom stereocenters. The first-order valence-corrected chi connectivity index (χ1v) is 6.48. The van der Waals surface area contributed by atoms with E-state index in [0.29, 0.717) is 38.2 Å². The first-order valence-electron chi connectivity index (χ1n) is 6.48. The molecule has 6 nitrogen and oxygen atoms in total. The molecule has 0 aliphatic carbocycles. The van der Waals surface area contributed by atoms with E-state index in [1.165, 1.54) is 0 Å². The lowest BCUT2D eigenvalue weighted by Gasteiger charge is -2.25. The quantitative estimate of drug-likeness (QED) is 0.759. The molecule has 1 heterocycles. The summed E-state index contributed by atoms with van der Waals surface area (Å²) in [6.07, 6.45) is 0.780. The van der Waals surface area contributed by atoms with E-state index in [0.717, 1.165) is 16.9 Å². The Labute approximate surface area is 118 Å². The molecular formula is C14H18N4O2. The number of nitrogens with two attached hydrogens (primary N) is 1. The van der Waals surface area contributed by atoms with Gasteiger partial charge in [-0.15, -0.1) is 0 Å². The highest BCUT2D eigenvalue weighted by molar-refractivity contribution is 6.00. The van der Waals surface area contributed by atoms with E-state index >= 15 is 0 Å². The fraction of sp³-hybridized carbons (Fsp3) is 0.429. The summed E-state index contributed by atoms with van der Waals surface area (Å²) in [5, 5.41) is 11.6. The predicted molar refractivity (Wildman–Crippen MR) is 77.5 cm³/mol. The molecule has 0 aromatic heterocycles. The molecule has 106 valence electrons. The third-order valence-corrected chi connectivity index (χ3v) is 3.28. The van der Waals surface area contributed by atoms with Gasteiger partial charge in [0, 0.05) is 25.9 Å². The predicted octanol–water partition coefficient (Wildman–Crippen LogP) is 1.13. The van der Waals surface area contributed by atoms with Crippen LogP contribution >= 0.6 is 0 Å². The molecule has 1 aromatic carbocycles. The summed E-state index contributed by atoms with van der Waals surface area (Å²) >= 11 is 0. The van der Waals surface area contributed by atoms with Crippen molar-refractivity contribution in [1.29, 1.82) is 5.26 Å². The van der Waals surface area contributed by atoms with E-state index in [1.54, 1.807) is 7.11 Å². The average molecular weight is 274 g/mol. The molecule has 1 amide bonds. The smallest absolute Gasteiger partial charge is 0.228 e. The van der Waals surface area contributed by atoms with Crippen molar-refractivity contribution in [2.24, 2.45) is 0 Å². The van der Waals surface area contributed by atoms with Crippen LogP contribution in [0.4, 0.5) is 17.1 Å². The minimum absolute atomic E-state index is 0.0167. The molecule has 1 aliphatic heterocycles. The Bertz CT molecular complexity index is 551. The highest BCUT2D eigenvalue weighted by Crippen LogP contribution is 2.33. The first-order chi connectivity index (χ1) is 9.65. The standard InChI is InChI=1S/C14H18N4O2/c1-20-6-5-18(4-2-3-15)13-9-12-10(7-11(13)16)8-14(19)17-12/h7,9H,2,4-6,8,16H2,1H3,(H,17,19). The van der Waals surface area contributed by atoms with Gasteiger partial charge in [-0.1, -0.05) is 0 Å². The second-order valence-corrected chi connectivity index (χ2v) is 4.68. The van der Waals surface area contributed by atoms with E-state index in [4.69, 9.17) is 15.7 Å². The van der Waals surface area contributed by atoms with Gasteiger partial charge in [0.05, 0.1) is 36.9 Å². The average Bonchev–Trinajstić information content (AvgIpc) is 2.77. The molecule has 0 saturated heterocycles. The number of ether oxygens (including phenoxy) is 1. The van der Waals surface area contributed by atoms with Crippen LogP contribution in [0, 0.1) is 11.3 Å². The highest BCUT2D eigenvalue weighted by atomic mass is 16.5. The van der Waals surface area contributed by atoms with E-state index in [1.807, 2.05) is 17.0 Å². The van der Waals surface area contributed by atoms with Crippen molar-refractivity contribution in [2.45, 2.75) is 12.8 Å². The summed E-state index contributed by atoms with van der Waals surface area (Å²) < 4.78 is 5.09. The zero-order valence-electron chi connectivity index (χ0n) is 11.5. The van der Waals surface area contributed by atoms with Crippen LogP contribution in [0.2, 0.25) is 0 Å². The topological polar surface area (TPSA) is 91.4 Å². The number of carbonyl (C=O) groups is 1. The van der Waals surface area contributed by atoms with Crippen molar-refractivity contribution in [3.8, 4) is 6.07 Å². The summed E-state index contributed by atoms with van der Waals surface area (Å²) in [5.74, 6) is -0.0167. The fourth-order valence-corrected chi connectivity index (χ4v) is 2.30. The van der Waals surface area contributed by atoms with Crippen LogP contribution in [0.15, 0.2) is 12.1 Å².